The summed E-state index contributed by atoms with van der Waals surface area (Å²) in [6.07, 6.45) is 1.71. The Morgan fingerprint density at radius 2 is 2.57 bits per heavy atom. The Balaban J connectivity index is 2.40. The van der Waals surface area contributed by atoms with Crippen LogP contribution in [-0.4, -0.2) is 13.4 Å². The van der Waals surface area contributed by atoms with Crippen LogP contribution in [0.15, 0.2) is 9.84 Å². The van der Waals surface area contributed by atoms with Gasteiger partial charge in [0.25, 0.3) is 0 Å². The Morgan fingerprint density at radius 3 is 2.86 bits per heavy atom. The van der Waals surface area contributed by atoms with Crippen molar-refractivity contribution in [3.8, 4) is 0 Å². The molecule has 40 valence electrons. The van der Waals surface area contributed by atoms with Gasteiger partial charge >= 0.3 is 0 Å². The predicted octanol–water partition coefficient (Wildman–Crippen LogP) is 1.27. The molecule has 0 aromatic rings. The van der Waals surface area contributed by atoms with Crippen molar-refractivity contribution in [2.24, 2.45) is 0 Å². The van der Waals surface area contributed by atoms with Crippen molar-refractivity contribution in [1.29, 1.82) is 0 Å². The molecule has 0 aromatic carbocycles. The Bertz CT molecular complexity index is 89.7. The maximum Gasteiger partial charge on any atom is 0.188 e. The lowest BCUT2D eigenvalue weighted by Gasteiger charge is -2.08. The zero-order valence-corrected chi connectivity index (χ0v) is 5.84. The Kier molecular flexibility index (Phi) is 1.93. The van der Waals surface area contributed by atoms with Gasteiger partial charge in [0.2, 0.25) is 0 Å². The Morgan fingerprint density at radius 1 is 1.71 bits per heavy atom. The third-order valence-electron chi connectivity index (χ3n) is 0.603. The summed E-state index contributed by atoms with van der Waals surface area (Å²) in [5.74, 6) is 0. The molecular formula is C4H5IO2. The summed E-state index contributed by atoms with van der Waals surface area (Å²) >= 11 is 2.17. The zero-order chi connectivity index (χ0) is 5.11. The smallest absolute Gasteiger partial charge is 0.188 e. The summed E-state index contributed by atoms with van der Waals surface area (Å²) in [6, 6.07) is 0. The fourth-order valence-corrected chi connectivity index (χ4v) is 0.746. The summed E-state index contributed by atoms with van der Waals surface area (Å²) in [5, 5.41) is 0. The van der Waals surface area contributed by atoms with Crippen molar-refractivity contribution < 1.29 is 9.47 Å². The standard InChI is InChI=1S/C4H5IO2/c5-4-1-6-3-7-2-4/h1H,2-3H2. The SMILES string of the molecule is IC1=COCOC1. The molecule has 0 atom stereocenters. The molecule has 0 saturated heterocycles. The molecule has 7 heavy (non-hydrogen) atoms. The third-order valence-corrected chi connectivity index (χ3v) is 1.17. The van der Waals surface area contributed by atoms with Crippen LogP contribution in [0.25, 0.3) is 0 Å². The van der Waals surface area contributed by atoms with E-state index in [4.69, 9.17) is 9.47 Å². The molecule has 2 nitrogen and oxygen atoms in total. The van der Waals surface area contributed by atoms with Crippen molar-refractivity contribution >= 4 is 22.6 Å². The highest BCUT2D eigenvalue weighted by atomic mass is 127. The van der Waals surface area contributed by atoms with E-state index in [2.05, 4.69) is 22.6 Å². The second-order valence-electron chi connectivity index (χ2n) is 1.20. The quantitative estimate of drug-likeness (QED) is 0.563. The molecule has 1 heterocycles. The van der Waals surface area contributed by atoms with Gasteiger partial charge in [-0.15, -0.1) is 0 Å². The van der Waals surface area contributed by atoms with E-state index in [1.807, 2.05) is 0 Å². The van der Waals surface area contributed by atoms with Crippen LogP contribution >= 0.6 is 22.6 Å². The molecule has 3 heteroatoms. The minimum Gasteiger partial charge on any atom is -0.474 e. The van der Waals surface area contributed by atoms with Crippen LogP contribution in [0.2, 0.25) is 0 Å². The molecule has 1 aliphatic rings. The van der Waals surface area contributed by atoms with Crippen LogP contribution in [0.1, 0.15) is 0 Å². The first-order chi connectivity index (χ1) is 3.39. The third kappa shape index (κ3) is 1.65. The van der Waals surface area contributed by atoms with Gasteiger partial charge in [-0.3, -0.25) is 0 Å². The Hall–Kier alpha value is 0.230. The van der Waals surface area contributed by atoms with Gasteiger partial charge in [0.05, 0.1) is 16.4 Å². The van der Waals surface area contributed by atoms with E-state index in [0.29, 0.717) is 13.4 Å². The highest BCUT2D eigenvalue weighted by molar-refractivity contribution is 14.1. The maximum atomic E-state index is 4.88. The van der Waals surface area contributed by atoms with Crippen LogP contribution in [0.5, 0.6) is 0 Å². The second kappa shape index (κ2) is 2.52. The molecule has 0 saturated carbocycles. The fraction of sp³-hybridized carbons (Fsp3) is 0.500. The van der Waals surface area contributed by atoms with Gasteiger partial charge in [0.1, 0.15) is 0 Å². The summed E-state index contributed by atoms with van der Waals surface area (Å²) in [4.78, 5) is 0. The molecule has 0 bridgehead atoms. The van der Waals surface area contributed by atoms with Crippen LogP contribution in [0.3, 0.4) is 0 Å². The predicted molar refractivity (Wildman–Crippen MR) is 34.0 cm³/mol. The van der Waals surface area contributed by atoms with E-state index in [0.717, 1.165) is 3.58 Å². The topological polar surface area (TPSA) is 18.5 Å². The number of halogens is 1. The van der Waals surface area contributed by atoms with Crippen molar-refractivity contribution in [3.63, 3.8) is 0 Å². The van der Waals surface area contributed by atoms with Crippen molar-refractivity contribution in [1.82, 2.24) is 0 Å². The minimum absolute atomic E-state index is 0.409. The Labute approximate surface area is 55.6 Å². The molecule has 1 aliphatic heterocycles. The number of ether oxygens (including phenoxy) is 2. The van der Waals surface area contributed by atoms with Crippen molar-refractivity contribution in [3.05, 3.63) is 9.84 Å². The largest absolute Gasteiger partial charge is 0.474 e. The summed E-state index contributed by atoms with van der Waals surface area (Å²) < 4.78 is 10.8. The van der Waals surface area contributed by atoms with E-state index in [9.17, 15) is 0 Å². The molecular weight excluding hydrogens is 207 g/mol. The van der Waals surface area contributed by atoms with Crippen LogP contribution in [0, 0.1) is 0 Å². The van der Waals surface area contributed by atoms with Gasteiger partial charge in [-0.1, -0.05) is 0 Å². The molecule has 0 N–H and O–H groups in total. The normalized spacial score (nSPS) is 20.4. The van der Waals surface area contributed by atoms with Gasteiger partial charge < -0.3 is 9.47 Å². The molecule has 0 radical (unpaired) electrons. The van der Waals surface area contributed by atoms with Crippen LogP contribution in [-0.2, 0) is 9.47 Å². The van der Waals surface area contributed by atoms with Gasteiger partial charge in [0.15, 0.2) is 6.79 Å². The second-order valence-corrected chi connectivity index (χ2v) is 2.58. The van der Waals surface area contributed by atoms with Crippen molar-refractivity contribution in [2.75, 3.05) is 13.4 Å². The van der Waals surface area contributed by atoms with Gasteiger partial charge in [-0.05, 0) is 22.6 Å². The number of hydrogen-bond acceptors (Lipinski definition) is 2. The van der Waals surface area contributed by atoms with Crippen LogP contribution in [0.4, 0.5) is 0 Å². The lowest BCUT2D eigenvalue weighted by atomic mass is 10.6. The number of rotatable bonds is 0. The number of hydrogen-bond donors (Lipinski definition) is 0. The molecule has 0 amide bonds. The molecule has 0 aromatic heterocycles. The average molecular weight is 212 g/mol. The molecule has 0 fully saturated rings. The average Bonchev–Trinajstić information content (AvgIpc) is 1.69. The van der Waals surface area contributed by atoms with Crippen LogP contribution < -0.4 is 0 Å². The molecule has 0 spiro atoms. The lowest BCUT2D eigenvalue weighted by molar-refractivity contribution is -0.0157. The summed E-state index contributed by atoms with van der Waals surface area (Å²) in [6.45, 7) is 1.12. The van der Waals surface area contributed by atoms with E-state index in [1.54, 1.807) is 6.26 Å². The van der Waals surface area contributed by atoms with Crippen molar-refractivity contribution in [2.45, 2.75) is 0 Å². The van der Waals surface area contributed by atoms with E-state index in [-0.39, 0.29) is 0 Å². The van der Waals surface area contributed by atoms with Gasteiger partial charge in [0, 0.05) is 0 Å². The van der Waals surface area contributed by atoms with Gasteiger partial charge in [-0.2, -0.15) is 0 Å². The monoisotopic (exact) mass is 212 g/mol. The highest BCUT2D eigenvalue weighted by Gasteiger charge is 1.96. The first-order valence-corrected chi connectivity index (χ1v) is 3.01. The van der Waals surface area contributed by atoms with E-state index in [1.165, 1.54) is 0 Å². The maximum absolute atomic E-state index is 4.88. The first kappa shape index (κ1) is 5.37. The van der Waals surface area contributed by atoms with Gasteiger partial charge in [-0.25, -0.2) is 0 Å². The molecule has 0 unspecified atom stereocenters. The molecule has 1 rings (SSSR count). The van der Waals surface area contributed by atoms with E-state index >= 15 is 0 Å². The molecule has 0 aliphatic carbocycles. The van der Waals surface area contributed by atoms with E-state index < -0.39 is 0 Å². The summed E-state index contributed by atoms with van der Waals surface area (Å²) in [7, 11) is 0. The zero-order valence-electron chi connectivity index (χ0n) is 3.69. The fourth-order valence-electron chi connectivity index (χ4n) is 0.346. The summed E-state index contributed by atoms with van der Waals surface area (Å²) in [5.41, 5.74) is 0. The highest BCUT2D eigenvalue weighted by Crippen LogP contribution is 2.09. The minimum atomic E-state index is 0.409. The first-order valence-electron chi connectivity index (χ1n) is 1.93. The lowest BCUT2D eigenvalue weighted by Crippen LogP contribution is -2.03.